The maximum Gasteiger partial charge on any atom is 0.231 e. The minimum atomic E-state index is -3.64. The largest absolute Gasteiger partial charge is 0.312 e. The lowest BCUT2D eigenvalue weighted by Gasteiger charge is -2.33. The van der Waals surface area contributed by atoms with E-state index in [1.807, 2.05) is 24.3 Å². The van der Waals surface area contributed by atoms with Gasteiger partial charge in [-0.3, -0.25) is 4.79 Å². The summed E-state index contributed by atoms with van der Waals surface area (Å²) in [6.45, 7) is 1.25. The number of carbonyl (C=O) groups excluding carboxylic acids is 1. The standard InChI is InChI=1S/C21H22Cl2N2O3S/c22-18-7-3-8-19(23)17(18)14-29(27,28)24-11-4-6-16(13-24)21(26)25-12-10-15-5-1-2-9-20(15)25/h1-3,5,7-9,16H,4,6,10-14H2/t16-/m1/s1. The van der Waals surface area contributed by atoms with Crippen LogP contribution < -0.4 is 4.90 Å². The molecule has 0 N–H and O–H groups in total. The molecular weight excluding hydrogens is 431 g/mol. The number of fused-ring (bicyclic) bond motifs is 1. The van der Waals surface area contributed by atoms with E-state index in [2.05, 4.69) is 0 Å². The molecule has 0 aliphatic carbocycles. The van der Waals surface area contributed by atoms with Gasteiger partial charge in [0.05, 0.1) is 11.7 Å². The fourth-order valence-corrected chi connectivity index (χ4v) is 6.49. The Balaban J connectivity index is 1.50. The first-order valence-corrected chi connectivity index (χ1v) is 12.0. The smallest absolute Gasteiger partial charge is 0.231 e. The Labute approximate surface area is 181 Å². The van der Waals surface area contributed by atoms with Crippen molar-refractivity contribution in [3.8, 4) is 0 Å². The summed E-state index contributed by atoms with van der Waals surface area (Å²) >= 11 is 12.3. The molecule has 0 spiro atoms. The van der Waals surface area contributed by atoms with E-state index >= 15 is 0 Å². The van der Waals surface area contributed by atoms with Crippen LogP contribution in [0.15, 0.2) is 42.5 Å². The number of anilines is 1. The van der Waals surface area contributed by atoms with Gasteiger partial charge in [-0.15, -0.1) is 0 Å². The van der Waals surface area contributed by atoms with Crippen LogP contribution in [-0.4, -0.2) is 38.3 Å². The van der Waals surface area contributed by atoms with Crippen LogP contribution in [0.3, 0.4) is 0 Å². The van der Waals surface area contributed by atoms with Crippen LogP contribution in [0.2, 0.25) is 10.0 Å². The summed E-state index contributed by atoms with van der Waals surface area (Å²) in [7, 11) is -3.64. The van der Waals surface area contributed by atoms with Crippen molar-refractivity contribution in [2.75, 3.05) is 24.5 Å². The Bertz CT molecular complexity index is 1020. The molecular formula is C21H22Cl2N2O3S. The maximum atomic E-state index is 13.2. The van der Waals surface area contributed by atoms with Crippen molar-refractivity contribution >= 4 is 44.8 Å². The quantitative estimate of drug-likeness (QED) is 0.700. The molecule has 2 aromatic carbocycles. The molecule has 1 fully saturated rings. The third kappa shape index (κ3) is 4.17. The molecule has 0 radical (unpaired) electrons. The molecule has 4 rings (SSSR count). The number of sulfonamides is 1. The number of carbonyl (C=O) groups is 1. The predicted molar refractivity (Wildman–Crippen MR) is 116 cm³/mol. The summed E-state index contributed by atoms with van der Waals surface area (Å²) in [5, 5.41) is 0.666. The lowest BCUT2D eigenvalue weighted by molar-refractivity contribution is -0.123. The van der Waals surface area contributed by atoms with Crippen LogP contribution in [0.4, 0.5) is 5.69 Å². The van der Waals surface area contributed by atoms with Gasteiger partial charge >= 0.3 is 0 Å². The van der Waals surface area contributed by atoms with Crippen molar-refractivity contribution in [2.24, 2.45) is 5.92 Å². The van der Waals surface area contributed by atoms with Crippen molar-refractivity contribution in [3.63, 3.8) is 0 Å². The van der Waals surface area contributed by atoms with Crippen molar-refractivity contribution in [1.29, 1.82) is 0 Å². The molecule has 154 valence electrons. The number of para-hydroxylation sites is 1. The first-order valence-electron chi connectivity index (χ1n) is 9.67. The minimum absolute atomic E-state index is 0.00521. The molecule has 5 nitrogen and oxygen atoms in total. The van der Waals surface area contributed by atoms with E-state index in [0.717, 1.165) is 17.7 Å². The normalized spacial score (nSPS) is 19.9. The fraction of sp³-hybridized carbons (Fsp3) is 0.381. The highest BCUT2D eigenvalue weighted by atomic mass is 35.5. The molecule has 0 saturated carbocycles. The zero-order chi connectivity index (χ0) is 20.6. The molecule has 2 aliphatic rings. The summed E-state index contributed by atoms with van der Waals surface area (Å²) in [6.07, 6.45) is 2.18. The van der Waals surface area contributed by atoms with E-state index in [9.17, 15) is 13.2 Å². The fourth-order valence-electron chi connectivity index (χ4n) is 4.13. The highest BCUT2D eigenvalue weighted by molar-refractivity contribution is 7.88. The van der Waals surface area contributed by atoms with Gasteiger partial charge < -0.3 is 4.90 Å². The van der Waals surface area contributed by atoms with E-state index in [0.29, 0.717) is 41.5 Å². The SMILES string of the molecule is O=C([C@@H]1CCCN(S(=O)(=O)Cc2c(Cl)cccc2Cl)C1)N1CCc2ccccc21. The number of benzene rings is 2. The number of amides is 1. The van der Waals surface area contributed by atoms with E-state index in [1.54, 1.807) is 23.1 Å². The Morgan fingerprint density at radius 3 is 2.52 bits per heavy atom. The van der Waals surface area contributed by atoms with Crippen LogP contribution in [0.25, 0.3) is 0 Å². The summed E-state index contributed by atoms with van der Waals surface area (Å²) in [4.78, 5) is 15.0. The Kier molecular flexibility index (Phi) is 5.89. The lowest BCUT2D eigenvalue weighted by Crippen LogP contribution is -2.46. The number of hydrogen-bond donors (Lipinski definition) is 0. The number of halogens is 2. The van der Waals surface area contributed by atoms with Gasteiger partial charge in [0, 0.05) is 40.9 Å². The van der Waals surface area contributed by atoms with Crippen molar-refractivity contribution in [3.05, 3.63) is 63.6 Å². The van der Waals surface area contributed by atoms with Gasteiger partial charge in [-0.25, -0.2) is 12.7 Å². The summed E-state index contributed by atoms with van der Waals surface area (Å²) < 4.78 is 27.5. The first kappa shape index (κ1) is 20.7. The van der Waals surface area contributed by atoms with Gasteiger partial charge in [0.15, 0.2) is 0 Å². The van der Waals surface area contributed by atoms with Gasteiger partial charge in [0.1, 0.15) is 0 Å². The minimum Gasteiger partial charge on any atom is -0.312 e. The Hall–Kier alpha value is -1.60. The number of hydrogen-bond acceptors (Lipinski definition) is 3. The van der Waals surface area contributed by atoms with Crippen molar-refractivity contribution in [2.45, 2.75) is 25.0 Å². The monoisotopic (exact) mass is 452 g/mol. The molecule has 0 aromatic heterocycles. The van der Waals surface area contributed by atoms with Gasteiger partial charge in [-0.1, -0.05) is 47.5 Å². The molecule has 0 bridgehead atoms. The Morgan fingerprint density at radius 1 is 1.03 bits per heavy atom. The van der Waals surface area contributed by atoms with E-state index in [1.165, 1.54) is 4.31 Å². The molecule has 8 heteroatoms. The van der Waals surface area contributed by atoms with Crippen LogP contribution >= 0.6 is 23.2 Å². The molecule has 1 saturated heterocycles. The molecule has 1 amide bonds. The van der Waals surface area contributed by atoms with Gasteiger partial charge in [-0.2, -0.15) is 0 Å². The van der Waals surface area contributed by atoms with Gasteiger partial charge in [0.25, 0.3) is 0 Å². The highest BCUT2D eigenvalue weighted by Crippen LogP contribution is 2.32. The van der Waals surface area contributed by atoms with Crippen LogP contribution in [0, 0.1) is 5.92 Å². The average Bonchev–Trinajstić information content (AvgIpc) is 3.14. The predicted octanol–water partition coefficient (Wildman–Crippen LogP) is 4.12. The zero-order valence-corrected chi connectivity index (χ0v) is 18.2. The second kappa shape index (κ2) is 8.26. The van der Waals surface area contributed by atoms with Crippen LogP contribution in [0.5, 0.6) is 0 Å². The van der Waals surface area contributed by atoms with E-state index in [-0.39, 0.29) is 24.1 Å². The third-order valence-electron chi connectivity index (χ3n) is 5.67. The summed E-state index contributed by atoms with van der Waals surface area (Å²) in [5.41, 5.74) is 2.51. The lowest BCUT2D eigenvalue weighted by atomic mass is 9.98. The first-order chi connectivity index (χ1) is 13.9. The summed E-state index contributed by atoms with van der Waals surface area (Å²) in [6, 6.07) is 12.8. The molecule has 2 aliphatic heterocycles. The third-order valence-corrected chi connectivity index (χ3v) is 8.15. The molecule has 2 heterocycles. The summed E-state index contributed by atoms with van der Waals surface area (Å²) in [5.74, 6) is -0.601. The van der Waals surface area contributed by atoms with Crippen LogP contribution in [-0.2, 0) is 27.0 Å². The molecule has 1 atom stereocenters. The second-order valence-electron chi connectivity index (χ2n) is 7.52. The topological polar surface area (TPSA) is 57.7 Å². The molecule has 0 unspecified atom stereocenters. The number of rotatable bonds is 4. The maximum absolute atomic E-state index is 13.2. The van der Waals surface area contributed by atoms with Crippen LogP contribution in [0.1, 0.15) is 24.0 Å². The highest BCUT2D eigenvalue weighted by Gasteiger charge is 2.36. The molecule has 2 aromatic rings. The second-order valence-corrected chi connectivity index (χ2v) is 10.3. The van der Waals surface area contributed by atoms with E-state index < -0.39 is 10.0 Å². The zero-order valence-electron chi connectivity index (χ0n) is 15.9. The van der Waals surface area contributed by atoms with Crippen molar-refractivity contribution < 1.29 is 13.2 Å². The number of piperidine rings is 1. The number of nitrogens with zero attached hydrogens (tertiary/aromatic N) is 2. The van der Waals surface area contributed by atoms with Crippen molar-refractivity contribution in [1.82, 2.24) is 4.31 Å². The average molecular weight is 453 g/mol. The Morgan fingerprint density at radius 2 is 1.76 bits per heavy atom. The van der Waals surface area contributed by atoms with Gasteiger partial charge in [-0.05, 0) is 43.0 Å². The van der Waals surface area contributed by atoms with E-state index in [4.69, 9.17) is 23.2 Å². The van der Waals surface area contributed by atoms with Gasteiger partial charge in [0.2, 0.25) is 15.9 Å². The molecule has 29 heavy (non-hydrogen) atoms.